The van der Waals surface area contributed by atoms with Gasteiger partial charge in [-0.2, -0.15) is 12.6 Å². The van der Waals surface area contributed by atoms with Gasteiger partial charge in [-0.1, -0.05) is 0 Å². The summed E-state index contributed by atoms with van der Waals surface area (Å²) in [6.07, 6.45) is 0.342. The van der Waals surface area contributed by atoms with E-state index in [-0.39, 0.29) is 5.75 Å². The molecule has 5 heteroatoms. The quantitative estimate of drug-likeness (QED) is 0.359. The van der Waals surface area contributed by atoms with Gasteiger partial charge in [0.25, 0.3) is 0 Å². The summed E-state index contributed by atoms with van der Waals surface area (Å²) < 4.78 is 0. The van der Waals surface area contributed by atoms with Gasteiger partial charge >= 0.3 is 5.97 Å². The lowest BCUT2D eigenvalue weighted by Crippen LogP contribution is -2.37. The third kappa shape index (κ3) is 2.97. The first-order valence-electron chi connectivity index (χ1n) is 2.25. The fourth-order valence-electron chi connectivity index (χ4n) is 0.284. The zero-order chi connectivity index (χ0) is 7.28. The molecule has 0 rings (SSSR count). The smallest absolute Gasteiger partial charge is 0.327 e. The predicted molar refractivity (Wildman–Crippen MR) is 34.5 cm³/mol. The van der Waals surface area contributed by atoms with E-state index in [9.17, 15) is 9.59 Å². The average molecular weight is 149 g/mol. The zero-order valence-corrected chi connectivity index (χ0v) is 5.47. The molecule has 0 saturated heterocycles. The lowest BCUT2D eigenvalue weighted by atomic mass is 10.3. The lowest BCUT2D eigenvalue weighted by Gasteiger charge is -2.04. The van der Waals surface area contributed by atoms with E-state index in [4.69, 9.17) is 5.11 Å². The molecule has 0 aliphatic carbocycles. The number of carboxylic acids is 1. The van der Waals surface area contributed by atoms with E-state index in [0.29, 0.717) is 6.41 Å². The van der Waals surface area contributed by atoms with Gasteiger partial charge in [-0.15, -0.1) is 0 Å². The van der Waals surface area contributed by atoms with E-state index < -0.39 is 12.0 Å². The largest absolute Gasteiger partial charge is 0.480 e. The van der Waals surface area contributed by atoms with E-state index in [1.807, 2.05) is 0 Å². The Morgan fingerprint density at radius 2 is 2.44 bits per heavy atom. The minimum absolute atomic E-state index is 0.105. The van der Waals surface area contributed by atoms with Crippen LogP contribution in [0.5, 0.6) is 0 Å². The molecule has 0 aliphatic rings. The number of hydrogen-bond donors (Lipinski definition) is 3. The second-order valence-electron chi connectivity index (χ2n) is 1.36. The Labute approximate surface area is 57.7 Å². The van der Waals surface area contributed by atoms with Gasteiger partial charge in [0.1, 0.15) is 6.04 Å². The molecule has 1 atom stereocenters. The van der Waals surface area contributed by atoms with Crippen LogP contribution < -0.4 is 5.32 Å². The van der Waals surface area contributed by atoms with Gasteiger partial charge in [-0.05, 0) is 0 Å². The fourth-order valence-corrected chi connectivity index (χ4v) is 0.546. The van der Waals surface area contributed by atoms with Gasteiger partial charge in [0.05, 0.1) is 0 Å². The first kappa shape index (κ1) is 8.29. The second kappa shape index (κ2) is 4.20. The average Bonchev–Trinajstić information content (AvgIpc) is 1.82. The minimum Gasteiger partial charge on any atom is -0.480 e. The molecule has 0 aromatic rings. The number of carbonyl (C=O) groups is 2. The number of thiol groups is 1. The summed E-state index contributed by atoms with van der Waals surface area (Å²) in [6, 6.07) is -0.870. The van der Waals surface area contributed by atoms with Crippen molar-refractivity contribution in [3.05, 3.63) is 0 Å². The molecule has 2 N–H and O–H groups in total. The van der Waals surface area contributed by atoms with Gasteiger partial charge in [0, 0.05) is 5.75 Å². The van der Waals surface area contributed by atoms with Crippen molar-refractivity contribution in [1.82, 2.24) is 5.32 Å². The lowest BCUT2D eigenvalue weighted by molar-refractivity contribution is -0.139. The highest BCUT2D eigenvalue weighted by Crippen LogP contribution is 1.84. The van der Waals surface area contributed by atoms with Gasteiger partial charge in [0.15, 0.2) is 0 Å². The maximum Gasteiger partial charge on any atom is 0.327 e. The normalized spacial score (nSPS) is 12.1. The van der Waals surface area contributed by atoms with E-state index in [0.717, 1.165) is 0 Å². The van der Waals surface area contributed by atoms with Crippen LogP contribution in [0, 0.1) is 0 Å². The molecule has 9 heavy (non-hydrogen) atoms. The highest BCUT2D eigenvalue weighted by Gasteiger charge is 2.12. The third-order valence-corrected chi connectivity index (χ3v) is 1.12. The Balaban J connectivity index is 3.67. The maximum absolute atomic E-state index is 10.1. The number of carbonyl (C=O) groups excluding carboxylic acids is 1. The summed E-state index contributed by atoms with van der Waals surface area (Å²) in [7, 11) is 0. The van der Waals surface area contributed by atoms with E-state index in [1.165, 1.54) is 0 Å². The number of nitrogens with one attached hydrogen (secondary N) is 1. The van der Waals surface area contributed by atoms with Crippen LogP contribution in [0.1, 0.15) is 0 Å². The van der Waals surface area contributed by atoms with Gasteiger partial charge in [-0.25, -0.2) is 4.79 Å². The first-order valence-corrected chi connectivity index (χ1v) is 2.89. The van der Waals surface area contributed by atoms with Crippen LogP contribution in [0.15, 0.2) is 0 Å². The Bertz CT molecular complexity index is 116. The summed E-state index contributed by atoms with van der Waals surface area (Å²) in [5, 5.41) is 10.3. The van der Waals surface area contributed by atoms with Crippen LogP contribution in [0.3, 0.4) is 0 Å². The predicted octanol–water partition coefficient (Wildman–Crippen LogP) is -0.885. The van der Waals surface area contributed by atoms with Crippen LogP contribution in [-0.4, -0.2) is 29.3 Å². The van der Waals surface area contributed by atoms with Crippen LogP contribution in [0.2, 0.25) is 0 Å². The molecule has 1 unspecified atom stereocenters. The molecule has 0 aromatic heterocycles. The molecule has 0 aromatic carbocycles. The molecule has 0 aliphatic heterocycles. The minimum atomic E-state index is -1.07. The van der Waals surface area contributed by atoms with Crippen LogP contribution in [-0.2, 0) is 9.59 Å². The monoisotopic (exact) mass is 149 g/mol. The molecule has 4 nitrogen and oxygen atoms in total. The number of rotatable bonds is 4. The Kier molecular flexibility index (Phi) is 3.87. The summed E-state index contributed by atoms with van der Waals surface area (Å²) in [5.74, 6) is -0.967. The van der Waals surface area contributed by atoms with Crippen LogP contribution >= 0.6 is 12.6 Å². The Hall–Kier alpha value is -0.710. The second-order valence-corrected chi connectivity index (χ2v) is 1.72. The van der Waals surface area contributed by atoms with Crippen molar-refractivity contribution in [1.29, 1.82) is 0 Å². The molecule has 0 heterocycles. The standard InChI is InChI=1S/C4H7NO3S/c6-2-5-3(1-9)4(7)8/h2-3,9H,1H2,(H,5,6)(H,7,8). The third-order valence-electron chi connectivity index (χ3n) is 0.750. The van der Waals surface area contributed by atoms with Crippen molar-refractivity contribution in [3.8, 4) is 0 Å². The van der Waals surface area contributed by atoms with Crippen LogP contribution in [0.25, 0.3) is 0 Å². The van der Waals surface area contributed by atoms with Crippen molar-refractivity contribution in [2.24, 2.45) is 0 Å². The molecule has 0 radical (unpaired) electrons. The molecule has 0 spiro atoms. The molecule has 0 bridgehead atoms. The van der Waals surface area contributed by atoms with Gasteiger partial charge in [0.2, 0.25) is 6.41 Å². The highest BCUT2D eigenvalue weighted by atomic mass is 32.1. The zero-order valence-electron chi connectivity index (χ0n) is 4.57. The number of aliphatic carboxylic acids is 1. The van der Waals surface area contributed by atoms with E-state index in [1.54, 1.807) is 0 Å². The van der Waals surface area contributed by atoms with Crippen molar-refractivity contribution >= 4 is 25.0 Å². The summed E-state index contributed by atoms with van der Waals surface area (Å²) >= 11 is 3.69. The maximum atomic E-state index is 10.1. The van der Waals surface area contributed by atoms with E-state index in [2.05, 4.69) is 17.9 Å². The fraction of sp³-hybridized carbons (Fsp3) is 0.500. The van der Waals surface area contributed by atoms with Gasteiger partial charge in [-0.3, -0.25) is 4.79 Å². The highest BCUT2D eigenvalue weighted by molar-refractivity contribution is 7.80. The van der Waals surface area contributed by atoms with Crippen molar-refractivity contribution < 1.29 is 14.7 Å². The SMILES string of the molecule is O=CNC(CS)C(=O)O. The molecular formula is C4H7NO3S. The molecule has 0 saturated carbocycles. The number of amides is 1. The van der Waals surface area contributed by atoms with Crippen molar-refractivity contribution in [2.75, 3.05) is 5.75 Å². The summed E-state index contributed by atoms with van der Waals surface area (Å²) in [5.41, 5.74) is 0. The Morgan fingerprint density at radius 1 is 1.89 bits per heavy atom. The summed E-state index contributed by atoms with van der Waals surface area (Å²) in [6.45, 7) is 0. The number of carboxylic acid groups (broad SMARTS) is 1. The van der Waals surface area contributed by atoms with Crippen LogP contribution in [0.4, 0.5) is 0 Å². The molecule has 1 amide bonds. The Morgan fingerprint density at radius 3 is 2.56 bits per heavy atom. The molecule has 0 fully saturated rings. The van der Waals surface area contributed by atoms with E-state index >= 15 is 0 Å². The number of hydrogen-bond acceptors (Lipinski definition) is 3. The van der Waals surface area contributed by atoms with Crippen molar-refractivity contribution in [2.45, 2.75) is 6.04 Å². The molecular weight excluding hydrogens is 142 g/mol. The first-order chi connectivity index (χ1) is 4.22. The summed E-state index contributed by atoms with van der Waals surface area (Å²) in [4.78, 5) is 19.7. The topological polar surface area (TPSA) is 66.4 Å². The van der Waals surface area contributed by atoms with Gasteiger partial charge < -0.3 is 10.4 Å². The van der Waals surface area contributed by atoms with Crippen molar-refractivity contribution in [3.63, 3.8) is 0 Å². The molecule has 52 valence electrons.